The molecule has 3 aromatic rings. The maximum absolute atomic E-state index is 11.9. The second-order valence-electron chi connectivity index (χ2n) is 4.29. The highest BCUT2D eigenvalue weighted by atomic mass is 32.1. The standard InChI is InChI=1S/C14H12N4OS/c1-9-4-6-10(7-5-9)16-13(19)18-14-17-11-3-2-8-15-12(11)20-14/h2-8H,1H3,(H2,16,17,18,19). The van der Waals surface area contributed by atoms with Crippen LogP contribution in [0.4, 0.5) is 15.6 Å². The molecule has 5 nitrogen and oxygen atoms in total. The molecule has 2 amide bonds. The Hall–Kier alpha value is -2.47. The molecule has 2 aromatic heterocycles. The predicted octanol–water partition coefficient (Wildman–Crippen LogP) is 3.64. The Kier molecular flexibility index (Phi) is 3.30. The van der Waals surface area contributed by atoms with Gasteiger partial charge in [0.25, 0.3) is 0 Å². The Morgan fingerprint density at radius 1 is 1.15 bits per heavy atom. The number of amides is 2. The van der Waals surface area contributed by atoms with Crippen molar-refractivity contribution in [3.63, 3.8) is 0 Å². The Balaban J connectivity index is 1.70. The second kappa shape index (κ2) is 5.26. The second-order valence-corrected chi connectivity index (χ2v) is 5.27. The monoisotopic (exact) mass is 284 g/mol. The van der Waals surface area contributed by atoms with Crippen molar-refractivity contribution in [3.05, 3.63) is 48.2 Å². The molecule has 0 aliphatic carbocycles. The van der Waals surface area contributed by atoms with Gasteiger partial charge in [0.15, 0.2) is 5.13 Å². The third kappa shape index (κ3) is 2.75. The number of nitrogens with one attached hydrogen (secondary N) is 2. The molecule has 2 heterocycles. The van der Waals surface area contributed by atoms with Crippen molar-refractivity contribution in [3.8, 4) is 0 Å². The van der Waals surface area contributed by atoms with Crippen LogP contribution in [-0.2, 0) is 0 Å². The number of hydrogen-bond acceptors (Lipinski definition) is 4. The SMILES string of the molecule is Cc1ccc(NC(=O)Nc2nc3cccnc3s2)cc1. The van der Waals surface area contributed by atoms with E-state index >= 15 is 0 Å². The molecule has 0 aliphatic rings. The lowest BCUT2D eigenvalue weighted by atomic mass is 10.2. The maximum atomic E-state index is 11.9. The summed E-state index contributed by atoms with van der Waals surface area (Å²) in [5.74, 6) is 0. The summed E-state index contributed by atoms with van der Waals surface area (Å²) in [5.41, 5.74) is 2.67. The fourth-order valence-electron chi connectivity index (χ4n) is 1.72. The van der Waals surface area contributed by atoms with Crippen molar-refractivity contribution in [2.24, 2.45) is 0 Å². The number of nitrogens with zero attached hydrogens (tertiary/aromatic N) is 2. The van der Waals surface area contributed by atoms with Crippen molar-refractivity contribution < 1.29 is 4.79 Å². The summed E-state index contributed by atoms with van der Waals surface area (Å²) >= 11 is 1.34. The summed E-state index contributed by atoms with van der Waals surface area (Å²) < 4.78 is 0. The van der Waals surface area contributed by atoms with Crippen LogP contribution >= 0.6 is 11.3 Å². The van der Waals surface area contributed by atoms with Crippen LogP contribution in [0.3, 0.4) is 0 Å². The van der Waals surface area contributed by atoms with Gasteiger partial charge in [-0.15, -0.1) is 0 Å². The van der Waals surface area contributed by atoms with Crippen LogP contribution in [0.5, 0.6) is 0 Å². The van der Waals surface area contributed by atoms with Crippen LogP contribution < -0.4 is 10.6 Å². The van der Waals surface area contributed by atoms with E-state index in [0.29, 0.717) is 5.13 Å². The van der Waals surface area contributed by atoms with E-state index in [1.807, 2.05) is 43.3 Å². The minimum atomic E-state index is -0.312. The first-order valence-corrected chi connectivity index (χ1v) is 6.88. The van der Waals surface area contributed by atoms with Gasteiger partial charge in [-0.3, -0.25) is 5.32 Å². The quantitative estimate of drug-likeness (QED) is 0.755. The first-order chi connectivity index (χ1) is 9.70. The van der Waals surface area contributed by atoms with Gasteiger partial charge in [0.1, 0.15) is 10.3 Å². The number of hydrogen-bond donors (Lipinski definition) is 2. The number of aromatic nitrogens is 2. The lowest BCUT2D eigenvalue weighted by molar-refractivity contribution is 0.262. The molecule has 0 spiro atoms. The number of anilines is 2. The zero-order chi connectivity index (χ0) is 13.9. The van der Waals surface area contributed by atoms with E-state index in [1.165, 1.54) is 11.3 Å². The zero-order valence-corrected chi connectivity index (χ0v) is 11.6. The normalized spacial score (nSPS) is 10.4. The van der Waals surface area contributed by atoms with Gasteiger partial charge >= 0.3 is 6.03 Å². The maximum Gasteiger partial charge on any atom is 0.325 e. The molecule has 0 atom stereocenters. The minimum Gasteiger partial charge on any atom is -0.308 e. The summed E-state index contributed by atoms with van der Waals surface area (Å²) in [5, 5.41) is 6.00. The van der Waals surface area contributed by atoms with Gasteiger partial charge in [-0.2, -0.15) is 0 Å². The third-order valence-electron chi connectivity index (χ3n) is 2.70. The Morgan fingerprint density at radius 3 is 2.70 bits per heavy atom. The van der Waals surface area contributed by atoms with Crippen molar-refractivity contribution in [1.82, 2.24) is 9.97 Å². The van der Waals surface area contributed by atoms with E-state index in [-0.39, 0.29) is 6.03 Å². The molecule has 6 heteroatoms. The molecule has 0 radical (unpaired) electrons. The summed E-state index contributed by atoms with van der Waals surface area (Å²) in [6, 6.07) is 11.0. The van der Waals surface area contributed by atoms with Crippen LogP contribution in [0.15, 0.2) is 42.6 Å². The fourth-order valence-corrected chi connectivity index (χ4v) is 2.52. The van der Waals surface area contributed by atoms with E-state index in [0.717, 1.165) is 21.6 Å². The Bertz CT molecular complexity index is 718. The molecule has 0 bridgehead atoms. The number of pyridine rings is 1. The lowest BCUT2D eigenvalue weighted by Crippen LogP contribution is -2.19. The first kappa shape index (κ1) is 12.6. The third-order valence-corrected chi connectivity index (χ3v) is 3.59. The molecule has 20 heavy (non-hydrogen) atoms. The highest BCUT2D eigenvalue weighted by Gasteiger charge is 2.08. The van der Waals surface area contributed by atoms with Crippen LogP contribution in [-0.4, -0.2) is 16.0 Å². The van der Waals surface area contributed by atoms with Crippen LogP contribution in [0.1, 0.15) is 5.56 Å². The summed E-state index contributed by atoms with van der Waals surface area (Å²) in [6.45, 7) is 2.00. The number of fused-ring (bicyclic) bond motifs is 1. The zero-order valence-electron chi connectivity index (χ0n) is 10.8. The van der Waals surface area contributed by atoms with Crippen molar-refractivity contribution >= 4 is 38.5 Å². The molecule has 1 aromatic carbocycles. The summed E-state index contributed by atoms with van der Waals surface area (Å²) in [6.07, 6.45) is 1.71. The molecule has 0 unspecified atom stereocenters. The summed E-state index contributed by atoms with van der Waals surface area (Å²) in [7, 11) is 0. The van der Waals surface area contributed by atoms with Gasteiger partial charge in [-0.05, 0) is 31.2 Å². The van der Waals surface area contributed by atoms with E-state index < -0.39 is 0 Å². The van der Waals surface area contributed by atoms with Crippen LogP contribution in [0.2, 0.25) is 0 Å². The molecule has 2 N–H and O–H groups in total. The van der Waals surface area contributed by atoms with Gasteiger partial charge in [-0.1, -0.05) is 29.0 Å². The topological polar surface area (TPSA) is 66.9 Å². The molecule has 0 saturated carbocycles. The lowest BCUT2D eigenvalue weighted by Gasteiger charge is -2.05. The number of thiazole rings is 1. The number of benzene rings is 1. The molecular formula is C14H12N4OS. The smallest absolute Gasteiger partial charge is 0.308 e. The molecule has 0 saturated heterocycles. The molecule has 0 fully saturated rings. The van der Waals surface area contributed by atoms with Crippen molar-refractivity contribution in [1.29, 1.82) is 0 Å². The van der Waals surface area contributed by atoms with Gasteiger partial charge in [-0.25, -0.2) is 14.8 Å². The van der Waals surface area contributed by atoms with Crippen LogP contribution in [0.25, 0.3) is 10.3 Å². The number of rotatable bonds is 2. The number of carbonyl (C=O) groups is 1. The Morgan fingerprint density at radius 2 is 1.95 bits per heavy atom. The van der Waals surface area contributed by atoms with E-state index in [4.69, 9.17) is 0 Å². The summed E-state index contributed by atoms with van der Waals surface area (Å²) in [4.78, 5) is 21.2. The first-order valence-electron chi connectivity index (χ1n) is 6.07. The van der Waals surface area contributed by atoms with Crippen molar-refractivity contribution in [2.75, 3.05) is 10.6 Å². The fraction of sp³-hybridized carbons (Fsp3) is 0.0714. The van der Waals surface area contributed by atoms with E-state index in [1.54, 1.807) is 6.20 Å². The van der Waals surface area contributed by atoms with Crippen LogP contribution in [0, 0.1) is 6.92 Å². The number of carbonyl (C=O) groups excluding carboxylic acids is 1. The van der Waals surface area contributed by atoms with E-state index in [9.17, 15) is 4.79 Å². The van der Waals surface area contributed by atoms with Gasteiger partial charge in [0, 0.05) is 11.9 Å². The highest BCUT2D eigenvalue weighted by molar-refractivity contribution is 7.21. The number of urea groups is 1. The molecular weight excluding hydrogens is 272 g/mol. The molecule has 3 rings (SSSR count). The Labute approximate surface area is 119 Å². The van der Waals surface area contributed by atoms with Gasteiger partial charge in [0.2, 0.25) is 0 Å². The molecule has 100 valence electrons. The minimum absolute atomic E-state index is 0.312. The molecule has 0 aliphatic heterocycles. The highest BCUT2D eigenvalue weighted by Crippen LogP contribution is 2.23. The average molecular weight is 284 g/mol. The predicted molar refractivity (Wildman–Crippen MR) is 81.2 cm³/mol. The van der Waals surface area contributed by atoms with E-state index in [2.05, 4.69) is 20.6 Å². The number of aryl methyl sites for hydroxylation is 1. The van der Waals surface area contributed by atoms with Gasteiger partial charge in [0.05, 0.1) is 0 Å². The van der Waals surface area contributed by atoms with Gasteiger partial charge < -0.3 is 5.32 Å². The van der Waals surface area contributed by atoms with Crippen molar-refractivity contribution in [2.45, 2.75) is 6.92 Å². The average Bonchev–Trinajstić information content (AvgIpc) is 2.83. The largest absolute Gasteiger partial charge is 0.325 e.